The molecule has 0 unspecified atom stereocenters. The highest BCUT2D eigenvalue weighted by Crippen LogP contribution is 2.30. The minimum Gasteiger partial charge on any atom is -0.382 e. The van der Waals surface area contributed by atoms with Crippen molar-refractivity contribution in [1.82, 2.24) is 10.2 Å². The van der Waals surface area contributed by atoms with E-state index in [4.69, 9.17) is 5.73 Å². The number of aromatic amines is 1. The van der Waals surface area contributed by atoms with E-state index in [1.54, 1.807) is 48.5 Å². The number of rotatable bonds is 3. The summed E-state index contributed by atoms with van der Waals surface area (Å²) in [6.07, 6.45) is 0. The molecule has 0 aliphatic carbocycles. The molecule has 4 aromatic rings. The number of halogens is 1. The highest BCUT2D eigenvalue weighted by atomic mass is 19.1. The zero-order chi connectivity index (χ0) is 18.8. The molecule has 0 saturated carbocycles. The van der Waals surface area contributed by atoms with Gasteiger partial charge in [0.1, 0.15) is 5.52 Å². The summed E-state index contributed by atoms with van der Waals surface area (Å²) in [5.74, 6) is -0.154. The topological polar surface area (TPSA) is 95.8 Å². The van der Waals surface area contributed by atoms with Crippen LogP contribution < -0.4 is 16.4 Å². The van der Waals surface area contributed by atoms with Crippen LogP contribution in [-0.4, -0.2) is 16.2 Å². The molecule has 1 aromatic heterocycles. The number of amides is 2. The van der Waals surface area contributed by atoms with E-state index in [2.05, 4.69) is 20.8 Å². The average molecular weight is 361 g/mol. The molecule has 0 saturated heterocycles. The first-order chi connectivity index (χ1) is 13.1. The molecule has 0 aliphatic rings. The van der Waals surface area contributed by atoms with Crippen LogP contribution in [0.5, 0.6) is 0 Å². The number of H-pyrrole nitrogens is 1. The maximum atomic E-state index is 14.7. The quantitative estimate of drug-likeness (QED) is 0.429. The van der Waals surface area contributed by atoms with Gasteiger partial charge in [0.2, 0.25) is 0 Å². The lowest BCUT2D eigenvalue weighted by Crippen LogP contribution is -2.19. The Morgan fingerprint density at radius 3 is 2.30 bits per heavy atom. The number of anilines is 3. The SMILES string of the molecule is Nc1n[nH]c2c(F)c(-c3ccc(NC(=O)Nc4ccccc4)cc3)ccc12. The number of hydrogen-bond acceptors (Lipinski definition) is 3. The summed E-state index contributed by atoms with van der Waals surface area (Å²) in [5.41, 5.74) is 8.36. The molecule has 0 atom stereocenters. The lowest BCUT2D eigenvalue weighted by molar-refractivity contribution is 0.262. The predicted octanol–water partition coefficient (Wildman–Crippen LogP) is 4.60. The number of nitrogen functional groups attached to an aromatic ring is 1. The van der Waals surface area contributed by atoms with Crippen LogP contribution in [0.2, 0.25) is 0 Å². The summed E-state index contributed by atoms with van der Waals surface area (Å²) in [4.78, 5) is 12.0. The van der Waals surface area contributed by atoms with E-state index in [1.165, 1.54) is 0 Å². The molecule has 5 N–H and O–H groups in total. The summed E-state index contributed by atoms with van der Waals surface area (Å²) >= 11 is 0. The van der Waals surface area contributed by atoms with Gasteiger partial charge in [0, 0.05) is 22.3 Å². The summed E-state index contributed by atoms with van der Waals surface area (Å²) in [6, 6.07) is 19.1. The molecule has 1 heterocycles. The van der Waals surface area contributed by atoms with Crippen LogP contribution >= 0.6 is 0 Å². The van der Waals surface area contributed by atoms with Gasteiger partial charge in [-0.25, -0.2) is 9.18 Å². The minimum atomic E-state index is -0.417. The Kier molecular flexibility index (Phi) is 4.18. The molecular weight excluding hydrogens is 345 g/mol. The Hall–Kier alpha value is -3.87. The number of carbonyl (C=O) groups excluding carboxylic acids is 1. The van der Waals surface area contributed by atoms with Crippen LogP contribution in [0.4, 0.5) is 26.4 Å². The van der Waals surface area contributed by atoms with Gasteiger partial charge in [-0.3, -0.25) is 5.10 Å². The largest absolute Gasteiger partial charge is 0.382 e. The first kappa shape index (κ1) is 16.6. The van der Waals surface area contributed by atoms with Gasteiger partial charge < -0.3 is 16.4 Å². The molecule has 0 fully saturated rings. The highest BCUT2D eigenvalue weighted by Gasteiger charge is 2.13. The molecular formula is C20H16FN5O. The van der Waals surface area contributed by atoms with Gasteiger partial charge in [-0.05, 0) is 35.9 Å². The van der Waals surface area contributed by atoms with Gasteiger partial charge in [-0.1, -0.05) is 36.4 Å². The number of benzene rings is 3. The van der Waals surface area contributed by atoms with Gasteiger partial charge in [-0.2, -0.15) is 5.10 Å². The van der Waals surface area contributed by atoms with Gasteiger partial charge in [-0.15, -0.1) is 0 Å². The van der Waals surface area contributed by atoms with E-state index < -0.39 is 5.82 Å². The van der Waals surface area contributed by atoms with Crippen molar-refractivity contribution in [3.05, 3.63) is 72.5 Å². The summed E-state index contributed by atoms with van der Waals surface area (Å²) in [6.45, 7) is 0. The normalized spacial score (nSPS) is 10.7. The Balaban J connectivity index is 1.52. The Labute approximate surface area is 154 Å². The minimum absolute atomic E-state index is 0.263. The smallest absolute Gasteiger partial charge is 0.323 e. The van der Waals surface area contributed by atoms with Crippen molar-refractivity contribution in [3.8, 4) is 11.1 Å². The number of nitrogens with zero attached hydrogens (tertiary/aromatic N) is 1. The van der Waals surface area contributed by atoms with E-state index in [-0.39, 0.29) is 17.4 Å². The Bertz CT molecular complexity index is 1110. The predicted molar refractivity (Wildman–Crippen MR) is 105 cm³/mol. The van der Waals surface area contributed by atoms with Crippen molar-refractivity contribution in [1.29, 1.82) is 0 Å². The Morgan fingerprint density at radius 2 is 1.59 bits per heavy atom. The number of para-hydroxylation sites is 1. The van der Waals surface area contributed by atoms with Crippen LogP contribution in [0.1, 0.15) is 0 Å². The van der Waals surface area contributed by atoms with Crippen LogP contribution in [0.3, 0.4) is 0 Å². The van der Waals surface area contributed by atoms with Crippen molar-refractivity contribution in [2.45, 2.75) is 0 Å². The van der Waals surface area contributed by atoms with E-state index in [0.29, 0.717) is 27.9 Å². The second-order valence-corrected chi connectivity index (χ2v) is 5.98. The van der Waals surface area contributed by atoms with Gasteiger partial charge >= 0.3 is 6.03 Å². The molecule has 134 valence electrons. The van der Waals surface area contributed by atoms with Gasteiger partial charge in [0.25, 0.3) is 0 Å². The Morgan fingerprint density at radius 1 is 0.926 bits per heavy atom. The van der Waals surface area contributed by atoms with Crippen molar-refractivity contribution >= 4 is 34.1 Å². The fourth-order valence-electron chi connectivity index (χ4n) is 2.85. The van der Waals surface area contributed by atoms with E-state index in [1.807, 2.05) is 18.2 Å². The monoisotopic (exact) mass is 361 g/mol. The fourth-order valence-corrected chi connectivity index (χ4v) is 2.85. The van der Waals surface area contributed by atoms with Gasteiger partial charge in [0.05, 0.1) is 0 Å². The van der Waals surface area contributed by atoms with Crippen LogP contribution in [-0.2, 0) is 0 Å². The molecule has 3 aromatic carbocycles. The maximum Gasteiger partial charge on any atom is 0.323 e. The van der Waals surface area contributed by atoms with E-state index in [0.717, 1.165) is 0 Å². The van der Waals surface area contributed by atoms with Crippen LogP contribution in [0.15, 0.2) is 66.7 Å². The molecule has 27 heavy (non-hydrogen) atoms. The van der Waals surface area contributed by atoms with Crippen molar-refractivity contribution in [2.24, 2.45) is 0 Å². The number of urea groups is 1. The number of hydrogen-bond donors (Lipinski definition) is 4. The summed E-state index contributed by atoms with van der Waals surface area (Å²) in [5, 5.41) is 12.5. The molecule has 7 heteroatoms. The molecule has 0 radical (unpaired) electrons. The third-order valence-electron chi connectivity index (χ3n) is 4.19. The standard InChI is InChI=1S/C20H16FN5O/c21-17-15(10-11-16-18(17)25-26-19(16)22)12-6-8-14(9-7-12)24-20(27)23-13-4-2-1-3-5-13/h1-11H,(H3,22,25,26)(H2,23,24,27). The zero-order valence-corrected chi connectivity index (χ0v) is 14.2. The number of nitrogens with one attached hydrogen (secondary N) is 3. The molecule has 4 rings (SSSR count). The average Bonchev–Trinajstić information content (AvgIpc) is 3.06. The lowest BCUT2D eigenvalue weighted by Gasteiger charge is -2.09. The second-order valence-electron chi connectivity index (χ2n) is 5.98. The lowest BCUT2D eigenvalue weighted by atomic mass is 10.0. The van der Waals surface area contributed by atoms with Crippen LogP contribution in [0, 0.1) is 5.82 Å². The summed E-state index contributed by atoms with van der Waals surface area (Å²) < 4.78 is 14.7. The number of carbonyl (C=O) groups is 1. The molecule has 2 amide bonds. The second kappa shape index (κ2) is 6.80. The first-order valence-electron chi connectivity index (χ1n) is 8.27. The molecule has 0 spiro atoms. The van der Waals surface area contributed by atoms with Crippen molar-refractivity contribution < 1.29 is 9.18 Å². The number of aromatic nitrogens is 2. The number of fused-ring (bicyclic) bond motifs is 1. The summed E-state index contributed by atoms with van der Waals surface area (Å²) in [7, 11) is 0. The third-order valence-corrected chi connectivity index (χ3v) is 4.19. The molecule has 0 bridgehead atoms. The van der Waals surface area contributed by atoms with E-state index >= 15 is 0 Å². The van der Waals surface area contributed by atoms with Crippen molar-refractivity contribution in [3.63, 3.8) is 0 Å². The first-order valence-corrected chi connectivity index (χ1v) is 8.27. The number of nitrogens with two attached hydrogens (primary N) is 1. The fraction of sp³-hybridized carbons (Fsp3) is 0. The highest BCUT2D eigenvalue weighted by molar-refractivity contribution is 6.00. The van der Waals surface area contributed by atoms with E-state index in [9.17, 15) is 9.18 Å². The van der Waals surface area contributed by atoms with Crippen molar-refractivity contribution in [2.75, 3.05) is 16.4 Å². The third kappa shape index (κ3) is 3.30. The maximum absolute atomic E-state index is 14.7. The molecule has 6 nitrogen and oxygen atoms in total. The van der Waals surface area contributed by atoms with Crippen LogP contribution in [0.25, 0.3) is 22.0 Å². The zero-order valence-electron chi connectivity index (χ0n) is 14.2. The van der Waals surface area contributed by atoms with Gasteiger partial charge in [0.15, 0.2) is 11.6 Å². The molecule has 0 aliphatic heterocycles.